The average Bonchev–Trinajstić information content (AvgIpc) is 2.34. The fourth-order valence-electron chi connectivity index (χ4n) is 1.62. The van der Waals surface area contributed by atoms with Crippen LogP contribution in [0.15, 0.2) is 42.6 Å². The highest BCUT2D eigenvalue weighted by Gasteiger charge is 2.13. The van der Waals surface area contributed by atoms with Gasteiger partial charge >= 0.3 is 0 Å². The third kappa shape index (κ3) is 2.23. The van der Waals surface area contributed by atoms with E-state index >= 15 is 0 Å². The van der Waals surface area contributed by atoms with E-state index in [1.165, 1.54) is 12.1 Å². The van der Waals surface area contributed by atoms with Crippen LogP contribution in [0.1, 0.15) is 17.2 Å². The molecule has 0 aliphatic heterocycles. The lowest BCUT2D eigenvalue weighted by atomic mass is 9.96. The van der Waals surface area contributed by atoms with Gasteiger partial charge in [0.15, 0.2) is 0 Å². The van der Waals surface area contributed by atoms with Gasteiger partial charge in [-0.05, 0) is 29.8 Å². The Morgan fingerprint density at radius 2 is 1.94 bits per heavy atom. The van der Waals surface area contributed by atoms with Crippen LogP contribution in [0.4, 0.5) is 4.39 Å². The molecule has 2 rings (SSSR count). The first-order chi connectivity index (χ1) is 7.81. The lowest BCUT2D eigenvalue weighted by molar-refractivity contribution is 0.625. The van der Waals surface area contributed by atoms with Crippen LogP contribution in [-0.2, 0) is 0 Å². The minimum Gasteiger partial charge on any atom is -0.329 e. The van der Waals surface area contributed by atoms with E-state index in [-0.39, 0.29) is 11.7 Å². The zero-order valence-electron chi connectivity index (χ0n) is 8.68. The molecule has 1 atom stereocenters. The van der Waals surface area contributed by atoms with Gasteiger partial charge in [0, 0.05) is 18.7 Å². The average molecular weight is 217 g/mol. The van der Waals surface area contributed by atoms with Crippen molar-refractivity contribution in [2.24, 2.45) is 5.73 Å². The molecular weight excluding hydrogens is 205 g/mol. The van der Waals surface area contributed by atoms with E-state index in [0.717, 1.165) is 11.3 Å². The number of hydrogen-bond donors (Lipinski definition) is 1. The van der Waals surface area contributed by atoms with Crippen molar-refractivity contribution in [3.8, 4) is 0 Å². The Hall–Kier alpha value is -1.81. The molecule has 2 aromatic rings. The van der Waals surface area contributed by atoms with Crippen molar-refractivity contribution in [1.29, 1.82) is 0 Å². The molecule has 82 valence electrons. The van der Waals surface area contributed by atoms with E-state index in [9.17, 15) is 4.39 Å². The Kier molecular flexibility index (Phi) is 3.22. The van der Waals surface area contributed by atoms with E-state index in [4.69, 9.17) is 5.73 Å². The first-order valence-corrected chi connectivity index (χ1v) is 5.04. The monoisotopic (exact) mass is 217 g/mol. The number of nitrogens with two attached hydrogens (primary N) is 1. The zero-order valence-corrected chi connectivity index (χ0v) is 8.68. The summed E-state index contributed by atoms with van der Waals surface area (Å²) in [6.07, 6.45) is 1.61. The Morgan fingerprint density at radius 3 is 2.50 bits per heavy atom. The highest BCUT2D eigenvalue weighted by Crippen LogP contribution is 2.21. The fraction of sp³-hybridized carbons (Fsp3) is 0.167. The summed E-state index contributed by atoms with van der Waals surface area (Å²) in [5.74, 6) is -0.284. The maximum Gasteiger partial charge on any atom is 0.123 e. The second-order valence-electron chi connectivity index (χ2n) is 3.49. The van der Waals surface area contributed by atoms with E-state index in [2.05, 4.69) is 10.2 Å². The zero-order chi connectivity index (χ0) is 11.4. The lowest BCUT2D eigenvalue weighted by Crippen LogP contribution is -2.15. The van der Waals surface area contributed by atoms with Gasteiger partial charge in [0.25, 0.3) is 0 Å². The highest BCUT2D eigenvalue weighted by atomic mass is 19.1. The lowest BCUT2D eigenvalue weighted by Gasteiger charge is -2.13. The van der Waals surface area contributed by atoms with Gasteiger partial charge in [0.1, 0.15) is 5.82 Å². The molecule has 0 aliphatic rings. The Labute approximate surface area is 93.1 Å². The molecule has 3 nitrogen and oxygen atoms in total. The standard InChI is InChI=1S/C12H12FN3/c13-10-5-3-9(4-6-10)11(8-14)12-2-1-7-15-16-12/h1-7,11H,8,14H2. The largest absolute Gasteiger partial charge is 0.329 e. The second kappa shape index (κ2) is 4.81. The van der Waals surface area contributed by atoms with Crippen LogP contribution in [0, 0.1) is 5.82 Å². The predicted molar refractivity (Wildman–Crippen MR) is 59.3 cm³/mol. The first-order valence-electron chi connectivity index (χ1n) is 5.04. The minimum absolute atomic E-state index is 0.0331. The van der Waals surface area contributed by atoms with Crippen LogP contribution in [0.2, 0.25) is 0 Å². The van der Waals surface area contributed by atoms with Gasteiger partial charge in [-0.25, -0.2) is 4.39 Å². The van der Waals surface area contributed by atoms with Gasteiger partial charge in [-0.3, -0.25) is 0 Å². The van der Waals surface area contributed by atoms with E-state index < -0.39 is 0 Å². The summed E-state index contributed by atoms with van der Waals surface area (Å²) in [6.45, 7) is 0.421. The molecule has 1 heterocycles. The number of aromatic nitrogens is 2. The van der Waals surface area contributed by atoms with Gasteiger partial charge in [-0.15, -0.1) is 0 Å². The van der Waals surface area contributed by atoms with Crippen LogP contribution in [0.5, 0.6) is 0 Å². The van der Waals surface area contributed by atoms with Crippen molar-refractivity contribution in [3.63, 3.8) is 0 Å². The van der Waals surface area contributed by atoms with Crippen LogP contribution in [0.25, 0.3) is 0 Å². The maximum absolute atomic E-state index is 12.8. The van der Waals surface area contributed by atoms with E-state index in [0.29, 0.717) is 6.54 Å². The first kappa shape index (κ1) is 10.7. The summed E-state index contributed by atoms with van der Waals surface area (Å²) < 4.78 is 12.8. The number of halogens is 1. The SMILES string of the molecule is NCC(c1ccc(F)cc1)c1cccnn1. The fourth-order valence-corrected chi connectivity index (χ4v) is 1.62. The molecule has 4 heteroatoms. The van der Waals surface area contributed by atoms with Crippen LogP contribution in [0.3, 0.4) is 0 Å². The molecule has 0 spiro atoms. The third-order valence-electron chi connectivity index (χ3n) is 2.46. The molecule has 1 aromatic carbocycles. The van der Waals surface area contributed by atoms with Gasteiger partial charge in [0.2, 0.25) is 0 Å². The summed E-state index contributed by atoms with van der Waals surface area (Å²) >= 11 is 0. The predicted octanol–water partition coefficient (Wildman–Crippen LogP) is 1.71. The van der Waals surface area contributed by atoms with Crippen molar-refractivity contribution in [1.82, 2.24) is 10.2 Å². The molecule has 16 heavy (non-hydrogen) atoms. The molecule has 0 bridgehead atoms. The second-order valence-corrected chi connectivity index (χ2v) is 3.49. The topological polar surface area (TPSA) is 51.8 Å². The van der Waals surface area contributed by atoms with E-state index in [1.54, 1.807) is 18.3 Å². The van der Waals surface area contributed by atoms with Crippen molar-refractivity contribution < 1.29 is 4.39 Å². The third-order valence-corrected chi connectivity index (χ3v) is 2.46. The molecule has 0 radical (unpaired) electrons. The maximum atomic E-state index is 12.8. The molecule has 0 fully saturated rings. The van der Waals surface area contributed by atoms with Crippen LogP contribution < -0.4 is 5.73 Å². The van der Waals surface area contributed by atoms with Crippen LogP contribution in [-0.4, -0.2) is 16.7 Å². The summed E-state index contributed by atoms with van der Waals surface area (Å²) in [6, 6.07) is 9.98. The molecule has 0 aliphatic carbocycles. The Balaban J connectivity index is 2.33. The minimum atomic E-state index is -0.251. The van der Waals surface area contributed by atoms with Gasteiger partial charge in [-0.1, -0.05) is 12.1 Å². The van der Waals surface area contributed by atoms with Gasteiger partial charge in [-0.2, -0.15) is 10.2 Å². The van der Waals surface area contributed by atoms with Crippen molar-refractivity contribution in [2.45, 2.75) is 5.92 Å². The van der Waals surface area contributed by atoms with Crippen molar-refractivity contribution in [2.75, 3.05) is 6.54 Å². The summed E-state index contributed by atoms with van der Waals surface area (Å²) in [4.78, 5) is 0. The molecule has 0 amide bonds. The Morgan fingerprint density at radius 1 is 1.19 bits per heavy atom. The van der Waals surface area contributed by atoms with Gasteiger partial charge in [0.05, 0.1) is 5.69 Å². The smallest absolute Gasteiger partial charge is 0.123 e. The van der Waals surface area contributed by atoms with Crippen molar-refractivity contribution >= 4 is 0 Å². The molecule has 0 saturated carbocycles. The van der Waals surface area contributed by atoms with Gasteiger partial charge < -0.3 is 5.73 Å². The van der Waals surface area contributed by atoms with Crippen molar-refractivity contribution in [3.05, 3.63) is 59.7 Å². The number of hydrogen-bond acceptors (Lipinski definition) is 3. The summed E-state index contributed by atoms with van der Waals surface area (Å²) in [5, 5.41) is 7.84. The molecule has 1 unspecified atom stereocenters. The normalized spacial score (nSPS) is 12.4. The highest BCUT2D eigenvalue weighted by molar-refractivity contribution is 5.28. The van der Waals surface area contributed by atoms with E-state index in [1.807, 2.05) is 12.1 Å². The van der Waals surface area contributed by atoms with Crippen LogP contribution >= 0.6 is 0 Å². The number of nitrogens with zero attached hydrogens (tertiary/aromatic N) is 2. The summed E-state index contributed by atoms with van der Waals surface area (Å²) in [7, 11) is 0. The molecular formula is C12H12FN3. The molecule has 0 saturated heterocycles. The molecule has 1 aromatic heterocycles. The number of benzene rings is 1. The number of rotatable bonds is 3. The summed E-state index contributed by atoms with van der Waals surface area (Å²) in [5.41, 5.74) is 7.46. The Bertz CT molecular complexity index is 442. The molecule has 2 N–H and O–H groups in total. The quantitative estimate of drug-likeness (QED) is 0.851.